The van der Waals surface area contributed by atoms with Crippen molar-refractivity contribution < 1.29 is 38.1 Å². The van der Waals surface area contributed by atoms with Crippen molar-refractivity contribution in [3.63, 3.8) is 0 Å². The Labute approximate surface area is 351 Å². The third-order valence-electron chi connectivity index (χ3n) is 11.9. The van der Waals surface area contributed by atoms with Crippen molar-refractivity contribution in [2.24, 2.45) is 23.7 Å². The molecule has 8 nitrogen and oxygen atoms in total. The summed E-state index contributed by atoms with van der Waals surface area (Å²) < 4.78 is 23.9. The Hall–Kier alpha value is -3.68. The molecular weight excluding hydrogens is 729 g/mol. The molecule has 5 unspecified atom stereocenters. The molecule has 2 aromatic rings. The van der Waals surface area contributed by atoms with E-state index in [-0.39, 0.29) is 66.8 Å². The lowest BCUT2D eigenvalue weighted by Crippen LogP contribution is -2.23. The Balaban J connectivity index is 2.79. The molecule has 0 spiro atoms. The lowest BCUT2D eigenvalue weighted by atomic mass is 9.84. The predicted molar refractivity (Wildman–Crippen MR) is 235 cm³/mol. The zero-order chi connectivity index (χ0) is 42.9. The summed E-state index contributed by atoms with van der Waals surface area (Å²) in [4.78, 5) is 56.6. The molecule has 326 valence electrons. The molecule has 0 fully saturated rings. The van der Waals surface area contributed by atoms with Gasteiger partial charge in [0.25, 0.3) is 0 Å². The molecule has 2 aromatic carbocycles. The summed E-state index contributed by atoms with van der Waals surface area (Å²) in [6.45, 7) is 19.7. The van der Waals surface area contributed by atoms with Crippen LogP contribution in [0.1, 0.15) is 208 Å². The highest BCUT2D eigenvalue weighted by Gasteiger charge is 2.32. The molecule has 0 aliphatic heterocycles. The first kappa shape index (κ1) is 50.5. The van der Waals surface area contributed by atoms with E-state index in [2.05, 4.69) is 55.4 Å². The third-order valence-corrected chi connectivity index (χ3v) is 11.9. The maximum absolute atomic E-state index is 14.4. The van der Waals surface area contributed by atoms with E-state index in [1.807, 2.05) is 0 Å². The minimum Gasteiger partial charge on any atom is -0.465 e. The zero-order valence-corrected chi connectivity index (χ0v) is 37.8. The van der Waals surface area contributed by atoms with Gasteiger partial charge in [-0.25, -0.2) is 14.4 Å². The van der Waals surface area contributed by atoms with Gasteiger partial charge in [-0.15, -0.1) is 0 Å². The fraction of sp³-hybridized carbons (Fsp3) is 0.680. The van der Waals surface area contributed by atoms with Crippen LogP contribution >= 0.6 is 0 Å². The summed E-state index contributed by atoms with van der Waals surface area (Å²) in [5.41, 5.74) is 1.61. The summed E-state index contributed by atoms with van der Waals surface area (Å²) in [6.07, 6.45) is 15.6. The van der Waals surface area contributed by atoms with Crippen LogP contribution in [-0.4, -0.2) is 50.3 Å². The molecule has 0 aliphatic rings. The van der Waals surface area contributed by atoms with Gasteiger partial charge in [-0.2, -0.15) is 0 Å². The standard InChI is InChI=1S/C50H78O8/c1-10-18-24-37(14-5)32-55-47(51)36(9)45-41(28-22-30-43(45)48(52)56-33-38(15-6)25-19-11-2)42-29-23-31-44(49(53)57-34-39(16-7)26-20-12-3)46(42)50(54)58-35-40(17-8)27-21-13-4/h22-23,28-31,36-40H,10-21,24-27,32-35H2,1-9H3. The van der Waals surface area contributed by atoms with E-state index >= 15 is 0 Å². The molecule has 0 heterocycles. The number of esters is 4. The molecule has 0 N–H and O–H groups in total. The fourth-order valence-corrected chi connectivity index (χ4v) is 7.45. The van der Waals surface area contributed by atoms with Crippen LogP contribution in [0.2, 0.25) is 0 Å². The molecule has 0 saturated heterocycles. The Morgan fingerprint density at radius 2 is 0.828 bits per heavy atom. The Morgan fingerprint density at radius 1 is 0.466 bits per heavy atom. The molecule has 8 heteroatoms. The fourth-order valence-electron chi connectivity index (χ4n) is 7.45. The van der Waals surface area contributed by atoms with Crippen molar-refractivity contribution in [1.82, 2.24) is 0 Å². The molecular formula is C50H78O8. The van der Waals surface area contributed by atoms with Gasteiger partial charge in [0.05, 0.1) is 49.0 Å². The van der Waals surface area contributed by atoms with E-state index in [1.165, 1.54) is 0 Å². The molecule has 5 atom stereocenters. The highest BCUT2D eigenvalue weighted by Crippen LogP contribution is 2.37. The maximum Gasteiger partial charge on any atom is 0.339 e. The average molecular weight is 807 g/mol. The van der Waals surface area contributed by atoms with E-state index < -0.39 is 29.8 Å². The van der Waals surface area contributed by atoms with Gasteiger partial charge in [0.15, 0.2) is 0 Å². The highest BCUT2D eigenvalue weighted by atomic mass is 16.5. The molecule has 0 bridgehead atoms. The van der Waals surface area contributed by atoms with E-state index in [0.717, 1.165) is 103 Å². The maximum atomic E-state index is 14.4. The van der Waals surface area contributed by atoms with Gasteiger partial charge in [0, 0.05) is 0 Å². The summed E-state index contributed by atoms with van der Waals surface area (Å²) in [5.74, 6) is -2.34. The van der Waals surface area contributed by atoms with Crippen molar-refractivity contribution in [1.29, 1.82) is 0 Å². The normalized spacial score (nSPS) is 13.9. The minimum absolute atomic E-state index is 0.0583. The van der Waals surface area contributed by atoms with Gasteiger partial charge in [0.1, 0.15) is 0 Å². The molecule has 0 saturated carbocycles. The Morgan fingerprint density at radius 3 is 1.24 bits per heavy atom. The van der Waals surface area contributed by atoms with E-state index in [1.54, 1.807) is 43.3 Å². The zero-order valence-electron chi connectivity index (χ0n) is 37.8. The van der Waals surface area contributed by atoms with Crippen molar-refractivity contribution in [2.45, 2.75) is 171 Å². The third kappa shape index (κ3) is 16.2. The summed E-state index contributed by atoms with van der Waals surface area (Å²) in [7, 11) is 0. The molecule has 58 heavy (non-hydrogen) atoms. The van der Waals surface area contributed by atoms with Crippen LogP contribution in [0.3, 0.4) is 0 Å². The van der Waals surface area contributed by atoms with Gasteiger partial charge in [-0.1, -0.05) is 157 Å². The van der Waals surface area contributed by atoms with Gasteiger partial charge in [-0.3, -0.25) is 4.79 Å². The number of carbonyl (C=O) groups excluding carboxylic acids is 4. The van der Waals surface area contributed by atoms with Crippen molar-refractivity contribution in [3.8, 4) is 11.1 Å². The van der Waals surface area contributed by atoms with Gasteiger partial charge in [-0.05, 0) is 85.1 Å². The summed E-state index contributed by atoms with van der Waals surface area (Å²) >= 11 is 0. The van der Waals surface area contributed by atoms with E-state index in [4.69, 9.17) is 18.9 Å². The minimum atomic E-state index is -0.897. The van der Waals surface area contributed by atoms with E-state index in [0.29, 0.717) is 16.7 Å². The average Bonchev–Trinajstić information content (AvgIpc) is 3.25. The van der Waals surface area contributed by atoms with Crippen molar-refractivity contribution in [3.05, 3.63) is 58.7 Å². The second kappa shape index (κ2) is 28.7. The number of hydrogen-bond acceptors (Lipinski definition) is 8. The highest BCUT2D eigenvalue weighted by molar-refractivity contribution is 6.09. The van der Waals surface area contributed by atoms with Crippen LogP contribution in [0.5, 0.6) is 0 Å². The first-order valence-corrected chi connectivity index (χ1v) is 23.0. The van der Waals surface area contributed by atoms with Crippen LogP contribution in [0, 0.1) is 23.7 Å². The molecule has 0 aromatic heterocycles. The van der Waals surface area contributed by atoms with Gasteiger partial charge >= 0.3 is 23.9 Å². The topological polar surface area (TPSA) is 105 Å². The summed E-state index contributed by atoms with van der Waals surface area (Å²) in [5, 5.41) is 0. The van der Waals surface area contributed by atoms with Gasteiger partial charge < -0.3 is 18.9 Å². The predicted octanol–water partition coefficient (Wildman–Crippen LogP) is 13.3. The van der Waals surface area contributed by atoms with Crippen LogP contribution in [0.25, 0.3) is 11.1 Å². The molecule has 0 aliphatic carbocycles. The number of ether oxygens (including phenoxy) is 4. The number of carbonyl (C=O) groups is 4. The monoisotopic (exact) mass is 807 g/mol. The van der Waals surface area contributed by atoms with Crippen LogP contribution in [0.15, 0.2) is 36.4 Å². The summed E-state index contributed by atoms with van der Waals surface area (Å²) in [6, 6.07) is 10.3. The van der Waals surface area contributed by atoms with Crippen molar-refractivity contribution in [2.75, 3.05) is 26.4 Å². The Kier molecular flexibility index (Phi) is 25.0. The lowest BCUT2D eigenvalue weighted by molar-refractivity contribution is -0.146. The molecule has 0 radical (unpaired) electrons. The first-order valence-electron chi connectivity index (χ1n) is 23.0. The smallest absolute Gasteiger partial charge is 0.339 e. The molecule has 2 rings (SSSR count). The van der Waals surface area contributed by atoms with E-state index in [9.17, 15) is 19.2 Å². The first-order chi connectivity index (χ1) is 28.0. The van der Waals surface area contributed by atoms with Crippen LogP contribution < -0.4 is 0 Å². The van der Waals surface area contributed by atoms with Crippen LogP contribution in [0.4, 0.5) is 0 Å². The lowest BCUT2D eigenvalue weighted by Gasteiger charge is -2.23. The molecule has 0 amide bonds. The second-order valence-corrected chi connectivity index (χ2v) is 16.3. The second-order valence-electron chi connectivity index (χ2n) is 16.3. The van der Waals surface area contributed by atoms with Crippen molar-refractivity contribution >= 4 is 23.9 Å². The van der Waals surface area contributed by atoms with Crippen LogP contribution in [-0.2, 0) is 23.7 Å². The number of hydrogen-bond donors (Lipinski definition) is 0. The SMILES string of the molecule is CCCCC(CC)COC(=O)c1cccc(-c2cccc(C(=O)OCC(CC)CCCC)c2C(C)C(=O)OCC(CC)CCCC)c1C(=O)OCC(CC)CCCC. The number of rotatable bonds is 30. The Bertz CT molecular complexity index is 1510. The number of unbranched alkanes of at least 4 members (excludes halogenated alkanes) is 4. The quantitative estimate of drug-likeness (QED) is 0.0567. The largest absolute Gasteiger partial charge is 0.465 e. The number of benzene rings is 2. The van der Waals surface area contributed by atoms with Gasteiger partial charge in [0.2, 0.25) is 0 Å².